The molecule has 0 aliphatic carbocycles. The Labute approximate surface area is 176 Å². The van der Waals surface area contributed by atoms with E-state index in [4.69, 9.17) is 0 Å². The summed E-state index contributed by atoms with van der Waals surface area (Å²) in [6.45, 7) is 4.67. The predicted octanol–water partition coefficient (Wildman–Crippen LogP) is 2.85. The molecule has 0 saturated carbocycles. The van der Waals surface area contributed by atoms with E-state index in [1.54, 1.807) is 19.1 Å². The minimum Gasteiger partial charge on any atom is -0.367 e. The van der Waals surface area contributed by atoms with Crippen LogP contribution in [0.1, 0.15) is 18.9 Å². The molecule has 2 aromatic carbocycles. The highest BCUT2D eigenvalue weighted by molar-refractivity contribution is 6.06. The molecule has 6 nitrogen and oxygen atoms in total. The zero-order valence-electron chi connectivity index (χ0n) is 17.2. The van der Waals surface area contributed by atoms with Crippen LogP contribution in [0, 0.1) is 5.82 Å². The largest absolute Gasteiger partial charge is 0.367 e. The number of piperazine rings is 1. The summed E-state index contributed by atoms with van der Waals surface area (Å²) < 4.78 is 14.0. The summed E-state index contributed by atoms with van der Waals surface area (Å²) in [5.41, 5.74) is 0.853. The highest BCUT2D eigenvalue weighted by Gasteiger charge is 2.47. The number of benzene rings is 2. The second-order valence-corrected chi connectivity index (χ2v) is 8.18. The van der Waals surface area contributed by atoms with Crippen molar-refractivity contribution in [2.24, 2.45) is 0 Å². The lowest BCUT2D eigenvalue weighted by Gasteiger charge is -2.37. The van der Waals surface area contributed by atoms with Gasteiger partial charge < -0.3 is 10.2 Å². The van der Waals surface area contributed by atoms with Gasteiger partial charge in [-0.1, -0.05) is 42.5 Å². The van der Waals surface area contributed by atoms with Gasteiger partial charge in [0.25, 0.3) is 5.91 Å². The normalized spacial score (nSPS) is 22.5. The number of para-hydroxylation sites is 1. The molecule has 2 saturated heterocycles. The van der Waals surface area contributed by atoms with E-state index in [-0.39, 0.29) is 24.4 Å². The van der Waals surface area contributed by atoms with Gasteiger partial charge >= 0.3 is 6.03 Å². The van der Waals surface area contributed by atoms with Crippen LogP contribution in [0.2, 0.25) is 0 Å². The fraction of sp³-hybridized carbons (Fsp3) is 0.391. The van der Waals surface area contributed by atoms with Crippen molar-refractivity contribution < 1.29 is 14.0 Å². The molecule has 2 aliphatic heterocycles. The van der Waals surface area contributed by atoms with Crippen LogP contribution in [0.3, 0.4) is 0 Å². The van der Waals surface area contributed by atoms with Gasteiger partial charge in [0.15, 0.2) is 0 Å². The first kappa shape index (κ1) is 20.3. The first-order valence-corrected chi connectivity index (χ1v) is 10.4. The number of halogens is 1. The standard InChI is InChI=1S/C23H27FN4O2/c1-23(12-11-18-7-3-2-4-8-18)21(29)28(22(30)25-23)17-26-13-15-27(16-14-26)20-10-6-5-9-19(20)24/h2-10H,11-17H2,1H3,(H,25,30). The molecular weight excluding hydrogens is 383 g/mol. The van der Waals surface area contributed by atoms with E-state index >= 15 is 0 Å². The predicted molar refractivity (Wildman–Crippen MR) is 114 cm³/mol. The first-order valence-electron chi connectivity index (χ1n) is 10.4. The molecule has 1 N–H and O–H groups in total. The molecule has 1 atom stereocenters. The van der Waals surface area contributed by atoms with Gasteiger partial charge in [0.2, 0.25) is 0 Å². The van der Waals surface area contributed by atoms with E-state index in [2.05, 4.69) is 10.2 Å². The van der Waals surface area contributed by atoms with Crippen molar-refractivity contribution in [3.8, 4) is 0 Å². The van der Waals surface area contributed by atoms with E-state index < -0.39 is 5.54 Å². The second-order valence-electron chi connectivity index (χ2n) is 8.18. The molecule has 2 fully saturated rings. The molecule has 0 radical (unpaired) electrons. The number of aryl methyl sites for hydroxylation is 1. The molecule has 0 bridgehead atoms. The summed E-state index contributed by atoms with van der Waals surface area (Å²) in [5.74, 6) is -0.408. The number of carbonyl (C=O) groups is 2. The Balaban J connectivity index is 1.33. The SMILES string of the molecule is CC1(CCc2ccccc2)NC(=O)N(CN2CCN(c3ccccc3F)CC2)C1=O. The minimum atomic E-state index is -0.887. The lowest BCUT2D eigenvalue weighted by atomic mass is 9.93. The lowest BCUT2D eigenvalue weighted by Crippen LogP contribution is -2.52. The number of rotatable bonds is 6. The number of imide groups is 1. The Morgan fingerprint density at radius 2 is 1.63 bits per heavy atom. The monoisotopic (exact) mass is 410 g/mol. The number of carbonyl (C=O) groups excluding carboxylic acids is 2. The molecular formula is C23H27FN4O2. The van der Waals surface area contributed by atoms with Gasteiger partial charge in [0, 0.05) is 26.2 Å². The summed E-state index contributed by atoms with van der Waals surface area (Å²) in [4.78, 5) is 30.9. The molecule has 0 spiro atoms. The molecule has 2 aromatic rings. The fourth-order valence-corrected chi connectivity index (χ4v) is 4.12. The maximum absolute atomic E-state index is 14.0. The van der Waals surface area contributed by atoms with Gasteiger partial charge in [-0.2, -0.15) is 0 Å². The smallest absolute Gasteiger partial charge is 0.326 e. The Bertz CT molecular complexity index is 914. The number of hydrogen-bond acceptors (Lipinski definition) is 4. The Morgan fingerprint density at radius 1 is 0.967 bits per heavy atom. The van der Waals surface area contributed by atoms with Crippen LogP contribution in [0.25, 0.3) is 0 Å². The van der Waals surface area contributed by atoms with Crippen molar-refractivity contribution in [2.75, 3.05) is 37.7 Å². The summed E-state index contributed by atoms with van der Waals surface area (Å²) in [6, 6.07) is 16.4. The Kier molecular flexibility index (Phi) is 5.72. The summed E-state index contributed by atoms with van der Waals surface area (Å²) in [5, 5.41) is 2.88. The third-order valence-electron chi connectivity index (χ3n) is 6.01. The number of anilines is 1. The number of nitrogens with zero attached hydrogens (tertiary/aromatic N) is 3. The van der Waals surface area contributed by atoms with Crippen LogP contribution in [-0.2, 0) is 11.2 Å². The van der Waals surface area contributed by atoms with Crippen LogP contribution in [0.4, 0.5) is 14.9 Å². The van der Waals surface area contributed by atoms with Crippen LogP contribution >= 0.6 is 0 Å². The lowest BCUT2D eigenvalue weighted by molar-refractivity contribution is -0.132. The van der Waals surface area contributed by atoms with Gasteiger partial charge in [0.05, 0.1) is 12.4 Å². The van der Waals surface area contributed by atoms with Crippen molar-refractivity contribution in [3.63, 3.8) is 0 Å². The highest BCUT2D eigenvalue weighted by Crippen LogP contribution is 2.25. The molecule has 2 aliphatic rings. The maximum atomic E-state index is 14.0. The second kappa shape index (κ2) is 8.44. The Morgan fingerprint density at radius 3 is 2.33 bits per heavy atom. The van der Waals surface area contributed by atoms with Crippen LogP contribution in [0.15, 0.2) is 54.6 Å². The number of hydrogen-bond donors (Lipinski definition) is 1. The van der Waals surface area contributed by atoms with Crippen LogP contribution in [0.5, 0.6) is 0 Å². The van der Waals surface area contributed by atoms with Crippen molar-refractivity contribution in [2.45, 2.75) is 25.3 Å². The van der Waals surface area contributed by atoms with E-state index in [1.807, 2.05) is 41.3 Å². The average Bonchev–Trinajstić information content (AvgIpc) is 2.97. The van der Waals surface area contributed by atoms with Crippen LogP contribution < -0.4 is 10.2 Å². The van der Waals surface area contributed by atoms with Gasteiger partial charge in [-0.15, -0.1) is 0 Å². The van der Waals surface area contributed by atoms with E-state index in [1.165, 1.54) is 11.0 Å². The van der Waals surface area contributed by atoms with Crippen molar-refractivity contribution in [3.05, 3.63) is 66.0 Å². The molecule has 1 unspecified atom stereocenters. The van der Waals surface area contributed by atoms with E-state index in [0.29, 0.717) is 38.3 Å². The van der Waals surface area contributed by atoms with Crippen LogP contribution in [-0.4, -0.2) is 60.1 Å². The van der Waals surface area contributed by atoms with Gasteiger partial charge in [-0.3, -0.25) is 9.69 Å². The molecule has 0 aromatic heterocycles. The summed E-state index contributed by atoms with van der Waals surface area (Å²) >= 11 is 0. The minimum absolute atomic E-state index is 0.181. The number of nitrogens with one attached hydrogen (secondary N) is 1. The van der Waals surface area contributed by atoms with Crippen molar-refractivity contribution in [1.29, 1.82) is 0 Å². The fourth-order valence-electron chi connectivity index (χ4n) is 4.12. The third-order valence-corrected chi connectivity index (χ3v) is 6.01. The zero-order chi connectivity index (χ0) is 21.1. The Hall–Kier alpha value is -2.93. The maximum Gasteiger partial charge on any atom is 0.326 e. The molecule has 7 heteroatoms. The molecule has 4 rings (SSSR count). The average molecular weight is 410 g/mol. The quantitative estimate of drug-likeness (QED) is 0.744. The highest BCUT2D eigenvalue weighted by atomic mass is 19.1. The summed E-state index contributed by atoms with van der Waals surface area (Å²) in [6.07, 6.45) is 1.28. The number of amides is 3. The molecule has 3 amide bonds. The van der Waals surface area contributed by atoms with Gasteiger partial charge in [-0.25, -0.2) is 14.1 Å². The topological polar surface area (TPSA) is 55.9 Å². The summed E-state index contributed by atoms with van der Waals surface area (Å²) in [7, 11) is 0. The molecule has 30 heavy (non-hydrogen) atoms. The van der Waals surface area contributed by atoms with Crippen molar-refractivity contribution in [1.82, 2.24) is 15.1 Å². The molecule has 158 valence electrons. The van der Waals surface area contributed by atoms with E-state index in [9.17, 15) is 14.0 Å². The van der Waals surface area contributed by atoms with Gasteiger partial charge in [-0.05, 0) is 37.5 Å². The number of urea groups is 1. The molecule has 2 heterocycles. The van der Waals surface area contributed by atoms with Gasteiger partial charge in [0.1, 0.15) is 11.4 Å². The zero-order valence-corrected chi connectivity index (χ0v) is 17.2. The first-order chi connectivity index (χ1) is 14.5. The van der Waals surface area contributed by atoms with Crippen molar-refractivity contribution >= 4 is 17.6 Å². The van der Waals surface area contributed by atoms with E-state index in [0.717, 1.165) is 12.0 Å². The third kappa shape index (κ3) is 4.16.